The Hall–Kier alpha value is -2.97. The van der Waals surface area contributed by atoms with Gasteiger partial charge in [0.2, 0.25) is 0 Å². The summed E-state index contributed by atoms with van der Waals surface area (Å²) in [6.45, 7) is 4.07. The number of rotatable bonds is 8. The van der Waals surface area contributed by atoms with Gasteiger partial charge in [-0.15, -0.1) is 0 Å². The van der Waals surface area contributed by atoms with E-state index in [-0.39, 0.29) is 19.1 Å². The van der Waals surface area contributed by atoms with Gasteiger partial charge in [0.25, 0.3) is 5.91 Å². The Balaban J connectivity index is 1.75. The molecular formula is C22H21ClN2O5S. The van der Waals surface area contributed by atoms with Crippen LogP contribution in [-0.2, 0) is 14.3 Å². The smallest absolute Gasteiger partial charge is 0.344 e. The summed E-state index contributed by atoms with van der Waals surface area (Å²) in [5.41, 5.74) is 1.44. The lowest BCUT2D eigenvalue weighted by molar-refractivity contribution is -0.145. The predicted molar refractivity (Wildman–Crippen MR) is 122 cm³/mol. The average Bonchev–Trinajstić information content (AvgIpc) is 3.08. The topological polar surface area (TPSA) is 86.2 Å². The summed E-state index contributed by atoms with van der Waals surface area (Å²) in [5, 5.41) is 3.85. The Bertz CT molecular complexity index is 1020. The predicted octanol–water partition coefficient (Wildman–Crippen LogP) is 4.57. The maximum absolute atomic E-state index is 12.3. The van der Waals surface area contributed by atoms with Gasteiger partial charge in [0.1, 0.15) is 0 Å². The molecule has 31 heavy (non-hydrogen) atoms. The molecule has 3 rings (SSSR count). The first-order chi connectivity index (χ1) is 15.0. The second kappa shape index (κ2) is 10.9. The number of nitrogens with one attached hydrogen (secondary N) is 1. The van der Waals surface area contributed by atoms with E-state index in [2.05, 4.69) is 10.3 Å². The lowest BCUT2D eigenvalue weighted by Crippen LogP contribution is -2.19. The molecule has 0 saturated carbocycles. The first kappa shape index (κ1) is 22.7. The number of esters is 1. The normalized spacial score (nSPS) is 15.8. The van der Waals surface area contributed by atoms with Crippen molar-refractivity contribution in [3.05, 3.63) is 58.0 Å². The molecule has 1 aliphatic heterocycles. The SMILES string of the molecule is CCOC(=O)COc1ccc(/C=C2\SC(=Nc3ccc(Cl)cc3)NC2=O)cc1OCC. The molecule has 0 bridgehead atoms. The van der Waals surface area contributed by atoms with E-state index in [1.54, 1.807) is 55.5 Å². The monoisotopic (exact) mass is 460 g/mol. The third-order valence-corrected chi connectivity index (χ3v) is 5.09. The molecule has 1 amide bonds. The van der Waals surface area contributed by atoms with Crippen molar-refractivity contribution in [2.45, 2.75) is 13.8 Å². The van der Waals surface area contributed by atoms with Gasteiger partial charge in [0.05, 0.1) is 23.8 Å². The fraction of sp³-hybridized carbons (Fsp3) is 0.227. The summed E-state index contributed by atoms with van der Waals surface area (Å²) < 4.78 is 16.0. The lowest BCUT2D eigenvalue weighted by Gasteiger charge is -2.12. The fourth-order valence-electron chi connectivity index (χ4n) is 2.61. The van der Waals surface area contributed by atoms with Gasteiger partial charge in [0.15, 0.2) is 23.3 Å². The molecule has 1 N–H and O–H groups in total. The van der Waals surface area contributed by atoms with E-state index < -0.39 is 5.97 Å². The number of amidine groups is 1. The van der Waals surface area contributed by atoms with Crippen molar-refractivity contribution < 1.29 is 23.8 Å². The number of nitrogens with zero attached hydrogens (tertiary/aromatic N) is 1. The van der Waals surface area contributed by atoms with Crippen molar-refractivity contribution in [2.24, 2.45) is 4.99 Å². The molecule has 1 saturated heterocycles. The van der Waals surface area contributed by atoms with E-state index in [1.165, 1.54) is 11.8 Å². The molecular weight excluding hydrogens is 440 g/mol. The Kier molecular flexibility index (Phi) is 7.97. The number of hydrogen-bond acceptors (Lipinski definition) is 7. The summed E-state index contributed by atoms with van der Waals surface area (Å²) in [7, 11) is 0. The van der Waals surface area contributed by atoms with Crippen LogP contribution in [0.25, 0.3) is 6.08 Å². The Morgan fingerprint density at radius 3 is 2.58 bits per heavy atom. The maximum atomic E-state index is 12.3. The molecule has 0 unspecified atom stereocenters. The Morgan fingerprint density at radius 2 is 1.87 bits per heavy atom. The number of aliphatic imine (C=N–C) groups is 1. The number of benzene rings is 2. The van der Waals surface area contributed by atoms with Gasteiger partial charge < -0.3 is 19.5 Å². The first-order valence-corrected chi connectivity index (χ1v) is 10.8. The van der Waals surface area contributed by atoms with E-state index in [9.17, 15) is 9.59 Å². The molecule has 0 radical (unpaired) electrons. The van der Waals surface area contributed by atoms with E-state index in [0.717, 1.165) is 5.56 Å². The van der Waals surface area contributed by atoms with Crippen LogP contribution in [0.1, 0.15) is 19.4 Å². The fourth-order valence-corrected chi connectivity index (χ4v) is 3.57. The zero-order valence-corrected chi connectivity index (χ0v) is 18.6. The molecule has 1 heterocycles. The number of thioether (sulfide) groups is 1. The zero-order valence-electron chi connectivity index (χ0n) is 17.0. The summed E-state index contributed by atoms with van der Waals surface area (Å²) in [6.07, 6.45) is 1.74. The largest absolute Gasteiger partial charge is 0.490 e. The molecule has 2 aromatic carbocycles. The lowest BCUT2D eigenvalue weighted by atomic mass is 10.2. The summed E-state index contributed by atoms with van der Waals surface area (Å²) >= 11 is 7.13. The highest BCUT2D eigenvalue weighted by atomic mass is 35.5. The highest BCUT2D eigenvalue weighted by Gasteiger charge is 2.24. The van der Waals surface area contributed by atoms with Crippen LogP contribution in [0.3, 0.4) is 0 Å². The number of halogens is 1. The van der Waals surface area contributed by atoms with Crippen molar-refractivity contribution in [1.82, 2.24) is 5.32 Å². The molecule has 7 nitrogen and oxygen atoms in total. The Morgan fingerprint density at radius 1 is 1.10 bits per heavy atom. The van der Waals surface area contributed by atoms with Crippen molar-refractivity contribution >= 4 is 52.2 Å². The van der Waals surface area contributed by atoms with Crippen LogP contribution in [0.2, 0.25) is 5.02 Å². The summed E-state index contributed by atoms with van der Waals surface area (Å²) in [5.74, 6) is 0.200. The van der Waals surface area contributed by atoms with Gasteiger partial charge in [-0.1, -0.05) is 17.7 Å². The number of carbonyl (C=O) groups is 2. The number of hydrogen-bond donors (Lipinski definition) is 1. The van der Waals surface area contributed by atoms with Gasteiger partial charge >= 0.3 is 5.97 Å². The Labute approximate surface area is 189 Å². The molecule has 0 atom stereocenters. The highest BCUT2D eigenvalue weighted by Crippen LogP contribution is 2.32. The number of ether oxygens (including phenoxy) is 3. The standard InChI is InChI=1S/C22H21ClN2O5S/c1-3-28-18-11-14(5-10-17(18)30-13-20(26)29-4-2)12-19-21(27)25-22(31-19)24-16-8-6-15(23)7-9-16/h5-12H,3-4,13H2,1-2H3,(H,24,25,27)/b19-12-. The third-order valence-electron chi connectivity index (χ3n) is 3.92. The minimum atomic E-state index is -0.456. The molecule has 0 aromatic heterocycles. The zero-order chi connectivity index (χ0) is 22.2. The van der Waals surface area contributed by atoms with E-state index in [1.807, 2.05) is 6.92 Å². The van der Waals surface area contributed by atoms with Crippen LogP contribution in [0.5, 0.6) is 11.5 Å². The molecule has 2 aromatic rings. The van der Waals surface area contributed by atoms with Crippen LogP contribution in [0.15, 0.2) is 52.4 Å². The summed E-state index contributed by atoms with van der Waals surface area (Å²) in [6, 6.07) is 12.2. The molecule has 162 valence electrons. The van der Waals surface area contributed by atoms with E-state index in [4.69, 9.17) is 25.8 Å². The van der Waals surface area contributed by atoms with Gasteiger partial charge in [-0.25, -0.2) is 9.79 Å². The van der Waals surface area contributed by atoms with Gasteiger partial charge in [-0.2, -0.15) is 0 Å². The number of amides is 1. The van der Waals surface area contributed by atoms with Gasteiger partial charge in [0, 0.05) is 5.02 Å². The van der Waals surface area contributed by atoms with Crippen LogP contribution in [-0.4, -0.2) is 36.9 Å². The van der Waals surface area contributed by atoms with Crippen molar-refractivity contribution in [1.29, 1.82) is 0 Å². The van der Waals surface area contributed by atoms with Crippen molar-refractivity contribution in [2.75, 3.05) is 19.8 Å². The molecule has 0 aliphatic carbocycles. The molecule has 1 fully saturated rings. The number of carbonyl (C=O) groups excluding carboxylic acids is 2. The molecule has 0 spiro atoms. The summed E-state index contributed by atoms with van der Waals surface area (Å²) in [4.78, 5) is 28.8. The quantitative estimate of drug-likeness (QED) is 0.458. The van der Waals surface area contributed by atoms with Crippen LogP contribution >= 0.6 is 23.4 Å². The second-order valence-electron chi connectivity index (χ2n) is 6.19. The van der Waals surface area contributed by atoms with Gasteiger partial charge in [-0.05, 0) is 73.6 Å². The van der Waals surface area contributed by atoms with E-state index in [0.29, 0.717) is 38.9 Å². The minimum Gasteiger partial charge on any atom is -0.490 e. The first-order valence-electron chi connectivity index (χ1n) is 9.59. The highest BCUT2D eigenvalue weighted by molar-refractivity contribution is 8.18. The third kappa shape index (κ3) is 6.50. The van der Waals surface area contributed by atoms with E-state index >= 15 is 0 Å². The minimum absolute atomic E-state index is 0.211. The maximum Gasteiger partial charge on any atom is 0.344 e. The molecule has 1 aliphatic rings. The average molecular weight is 461 g/mol. The van der Waals surface area contributed by atoms with Crippen LogP contribution in [0, 0.1) is 0 Å². The second-order valence-corrected chi connectivity index (χ2v) is 7.66. The van der Waals surface area contributed by atoms with Crippen LogP contribution in [0.4, 0.5) is 5.69 Å². The van der Waals surface area contributed by atoms with Gasteiger partial charge in [-0.3, -0.25) is 4.79 Å². The van der Waals surface area contributed by atoms with Crippen molar-refractivity contribution in [3.63, 3.8) is 0 Å². The van der Waals surface area contributed by atoms with Crippen molar-refractivity contribution in [3.8, 4) is 11.5 Å². The van der Waals surface area contributed by atoms with Crippen LogP contribution < -0.4 is 14.8 Å². The molecule has 9 heteroatoms.